The molecule has 1 aromatic rings. The molecule has 6 heteroatoms. The zero-order valence-corrected chi connectivity index (χ0v) is 13.6. The number of methoxy groups -OCH3 is 1. The number of likely N-dealkylation sites (tertiary alicyclic amines) is 1. The Labute approximate surface area is 136 Å². The predicted octanol–water partition coefficient (Wildman–Crippen LogP) is 1.73. The van der Waals surface area contributed by atoms with Gasteiger partial charge >= 0.3 is 0 Å². The molecule has 0 atom stereocenters. The van der Waals surface area contributed by atoms with Crippen LogP contribution in [0.5, 0.6) is 5.75 Å². The lowest BCUT2D eigenvalue weighted by Gasteiger charge is -2.32. The molecular weight excluding hydrogens is 299 g/mol. The first-order valence-electron chi connectivity index (χ1n) is 8.06. The molecule has 1 aromatic carbocycles. The van der Waals surface area contributed by atoms with Crippen molar-refractivity contribution >= 4 is 5.91 Å². The number of nitrogens with zero attached hydrogens (tertiary/aromatic N) is 1. The van der Waals surface area contributed by atoms with Crippen LogP contribution in [0, 0.1) is 5.82 Å². The van der Waals surface area contributed by atoms with Gasteiger partial charge in [-0.1, -0.05) is 6.07 Å². The fourth-order valence-electron chi connectivity index (χ4n) is 2.71. The number of amides is 1. The lowest BCUT2D eigenvalue weighted by molar-refractivity contribution is -0.133. The van der Waals surface area contributed by atoms with Crippen LogP contribution in [-0.4, -0.2) is 50.3 Å². The first-order valence-corrected chi connectivity index (χ1v) is 8.06. The van der Waals surface area contributed by atoms with Crippen molar-refractivity contribution in [3.63, 3.8) is 0 Å². The van der Waals surface area contributed by atoms with E-state index in [0.29, 0.717) is 31.8 Å². The van der Waals surface area contributed by atoms with E-state index in [1.165, 1.54) is 13.2 Å². The second kappa shape index (κ2) is 8.84. The Morgan fingerprint density at radius 1 is 1.39 bits per heavy atom. The normalized spacial score (nSPS) is 15.7. The summed E-state index contributed by atoms with van der Waals surface area (Å²) in [6.45, 7) is 2.69. The number of rotatable bonds is 7. The van der Waals surface area contributed by atoms with Crippen molar-refractivity contribution in [3.8, 4) is 5.75 Å². The topological polar surface area (TPSA) is 64.8 Å². The number of carbonyl (C=O) groups is 1. The fraction of sp³-hybridized carbons (Fsp3) is 0.588. The van der Waals surface area contributed by atoms with Gasteiger partial charge in [0.15, 0.2) is 11.6 Å². The number of hydrogen-bond donors (Lipinski definition) is 1. The van der Waals surface area contributed by atoms with Crippen LogP contribution in [0.4, 0.5) is 4.39 Å². The van der Waals surface area contributed by atoms with Crippen molar-refractivity contribution in [2.75, 3.05) is 33.4 Å². The van der Waals surface area contributed by atoms with Crippen molar-refractivity contribution in [1.29, 1.82) is 0 Å². The van der Waals surface area contributed by atoms with E-state index in [9.17, 15) is 9.18 Å². The standard InChI is InChI=1S/C17H25FN2O3/c1-22-16-4-3-13(11-15(16)18)12-17(21)20-8-5-14(6-9-20)23-10-2-7-19/h3-4,11,14H,2,5-10,12,19H2,1H3. The summed E-state index contributed by atoms with van der Waals surface area (Å²) in [5.74, 6) is -0.226. The van der Waals surface area contributed by atoms with Crippen LogP contribution < -0.4 is 10.5 Å². The van der Waals surface area contributed by atoms with Gasteiger partial charge in [-0.15, -0.1) is 0 Å². The molecule has 5 nitrogen and oxygen atoms in total. The second-order valence-corrected chi connectivity index (χ2v) is 5.74. The molecule has 1 amide bonds. The molecular formula is C17H25FN2O3. The first kappa shape index (κ1) is 17.7. The van der Waals surface area contributed by atoms with Crippen molar-refractivity contribution in [2.24, 2.45) is 5.73 Å². The molecule has 1 heterocycles. The Morgan fingerprint density at radius 2 is 2.13 bits per heavy atom. The molecule has 1 aliphatic rings. The minimum Gasteiger partial charge on any atom is -0.494 e. The first-order chi connectivity index (χ1) is 11.1. The van der Waals surface area contributed by atoms with Crippen molar-refractivity contribution < 1.29 is 18.7 Å². The van der Waals surface area contributed by atoms with E-state index in [2.05, 4.69) is 0 Å². The van der Waals surface area contributed by atoms with E-state index in [4.69, 9.17) is 15.2 Å². The summed E-state index contributed by atoms with van der Waals surface area (Å²) < 4.78 is 24.3. The molecule has 1 aliphatic heterocycles. The number of piperidine rings is 1. The third kappa shape index (κ3) is 5.18. The third-order valence-electron chi connectivity index (χ3n) is 4.07. The zero-order valence-electron chi connectivity index (χ0n) is 13.6. The molecule has 2 N–H and O–H groups in total. The van der Waals surface area contributed by atoms with Gasteiger partial charge in [-0.2, -0.15) is 0 Å². The van der Waals surface area contributed by atoms with Crippen LogP contribution in [-0.2, 0) is 16.0 Å². The van der Waals surface area contributed by atoms with Gasteiger partial charge in [0.1, 0.15) is 0 Å². The highest BCUT2D eigenvalue weighted by Crippen LogP contribution is 2.19. The van der Waals surface area contributed by atoms with Crippen LogP contribution in [0.15, 0.2) is 18.2 Å². The fourth-order valence-corrected chi connectivity index (χ4v) is 2.71. The maximum Gasteiger partial charge on any atom is 0.226 e. The summed E-state index contributed by atoms with van der Waals surface area (Å²) >= 11 is 0. The van der Waals surface area contributed by atoms with Crippen LogP contribution in [0.2, 0.25) is 0 Å². The van der Waals surface area contributed by atoms with Gasteiger partial charge in [0.05, 0.1) is 19.6 Å². The number of nitrogens with two attached hydrogens (primary N) is 1. The summed E-state index contributed by atoms with van der Waals surface area (Å²) in [6.07, 6.45) is 2.96. The summed E-state index contributed by atoms with van der Waals surface area (Å²) in [7, 11) is 1.42. The number of ether oxygens (including phenoxy) is 2. The van der Waals surface area contributed by atoms with Gasteiger partial charge in [-0.3, -0.25) is 4.79 Å². The highest BCUT2D eigenvalue weighted by atomic mass is 19.1. The van der Waals surface area contributed by atoms with Gasteiger partial charge in [0.2, 0.25) is 5.91 Å². The van der Waals surface area contributed by atoms with E-state index < -0.39 is 5.82 Å². The van der Waals surface area contributed by atoms with Crippen LogP contribution in [0.25, 0.3) is 0 Å². The highest BCUT2D eigenvalue weighted by Gasteiger charge is 2.23. The predicted molar refractivity (Wildman–Crippen MR) is 85.9 cm³/mol. The Bertz CT molecular complexity index is 517. The molecule has 2 rings (SSSR count). The maximum absolute atomic E-state index is 13.7. The number of halogens is 1. The van der Waals surface area contributed by atoms with Crippen LogP contribution >= 0.6 is 0 Å². The molecule has 0 radical (unpaired) electrons. The molecule has 1 fully saturated rings. The lowest BCUT2D eigenvalue weighted by atomic mass is 10.1. The van der Waals surface area contributed by atoms with Crippen molar-refractivity contribution in [2.45, 2.75) is 31.8 Å². The van der Waals surface area contributed by atoms with Crippen LogP contribution in [0.3, 0.4) is 0 Å². The summed E-state index contributed by atoms with van der Waals surface area (Å²) in [5, 5.41) is 0. The number of carbonyl (C=O) groups excluding carboxylic acids is 1. The molecule has 0 spiro atoms. The monoisotopic (exact) mass is 324 g/mol. The molecule has 23 heavy (non-hydrogen) atoms. The van der Waals surface area contributed by atoms with Gasteiger partial charge in [-0.25, -0.2) is 4.39 Å². The van der Waals surface area contributed by atoms with E-state index in [1.54, 1.807) is 12.1 Å². The molecule has 1 saturated heterocycles. The minimum atomic E-state index is -0.440. The number of hydrogen-bond acceptors (Lipinski definition) is 4. The van der Waals surface area contributed by atoms with Gasteiger partial charge < -0.3 is 20.1 Å². The Kier molecular flexibility index (Phi) is 6.80. The average Bonchev–Trinajstić information content (AvgIpc) is 2.56. The minimum absolute atomic E-state index is 0.0231. The quantitative estimate of drug-likeness (QED) is 0.776. The van der Waals surface area contributed by atoms with Gasteiger partial charge in [0.25, 0.3) is 0 Å². The zero-order chi connectivity index (χ0) is 16.7. The Morgan fingerprint density at radius 3 is 2.74 bits per heavy atom. The Balaban J connectivity index is 1.80. The SMILES string of the molecule is COc1ccc(CC(=O)N2CCC(OCCCN)CC2)cc1F. The van der Waals surface area contributed by atoms with E-state index >= 15 is 0 Å². The van der Waals surface area contributed by atoms with Crippen molar-refractivity contribution in [3.05, 3.63) is 29.6 Å². The van der Waals surface area contributed by atoms with Crippen LogP contribution in [0.1, 0.15) is 24.8 Å². The van der Waals surface area contributed by atoms with Gasteiger partial charge in [-0.05, 0) is 43.5 Å². The maximum atomic E-state index is 13.7. The molecule has 0 unspecified atom stereocenters. The molecule has 0 aliphatic carbocycles. The second-order valence-electron chi connectivity index (χ2n) is 5.74. The molecule has 0 bridgehead atoms. The molecule has 128 valence electrons. The lowest BCUT2D eigenvalue weighted by Crippen LogP contribution is -2.41. The summed E-state index contributed by atoms with van der Waals surface area (Å²) in [4.78, 5) is 14.1. The van der Waals surface area contributed by atoms with Crippen molar-refractivity contribution in [1.82, 2.24) is 4.90 Å². The summed E-state index contributed by atoms with van der Waals surface area (Å²) in [6, 6.07) is 4.64. The number of benzene rings is 1. The molecule has 0 saturated carbocycles. The van der Waals surface area contributed by atoms with Gasteiger partial charge in [0, 0.05) is 19.7 Å². The van der Waals surface area contributed by atoms with E-state index in [1.807, 2.05) is 4.90 Å². The third-order valence-corrected chi connectivity index (χ3v) is 4.07. The smallest absolute Gasteiger partial charge is 0.226 e. The highest BCUT2D eigenvalue weighted by molar-refractivity contribution is 5.78. The Hall–Kier alpha value is -1.66. The van der Waals surface area contributed by atoms with E-state index in [0.717, 1.165) is 19.3 Å². The average molecular weight is 324 g/mol. The largest absolute Gasteiger partial charge is 0.494 e. The molecule has 0 aromatic heterocycles. The van der Waals surface area contributed by atoms with E-state index in [-0.39, 0.29) is 24.2 Å². The summed E-state index contributed by atoms with van der Waals surface area (Å²) in [5.41, 5.74) is 6.10.